The molecule has 27 heavy (non-hydrogen) atoms. The molecule has 136 valence electrons. The maximum absolute atomic E-state index is 13.0. The highest BCUT2D eigenvalue weighted by Gasteiger charge is 2.44. The summed E-state index contributed by atoms with van der Waals surface area (Å²) in [4.78, 5) is 13.0. The van der Waals surface area contributed by atoms with Crippen LogP contribution >= 0.6 is 23.2 Å². The van der Waals surface area contributed by atoms with E-state index in [1.807, 2.05) is 41.1 Å². The molecule has 1 heterocycles. The lowest BCUT2D eigenvalue weighted by Crippen LogP contribution is -2.15. The quantitative estimate of drug-likeness (QED) is 0.607. The molecule has 2 aromatic carbocycles. The summed E-state index contributed by atoms with van der Waals surface area (Å²) in [6, 6.07) is 14.8. The summed E-state index contributed by atoms with van der Waals surface area (Å²) in [7, 11) is 0. The van der Waals surface area contributed by atoms with E-state index in [2.05, 4.69) is 5.32 Å². The van der Waals surface area contributed by atoms with Crippen LogP contribution in [0.3, 0.4) is 0 Å². The molecule has 0 spiro atoms. The third kappa shape index (κ3) is 2.84. The van der Waals surface area contributed by atoms with Crippen molar-refractivity contribution in [2.45, 2.75) is 31.1 Å². The van der Waals surface area contributed by atoms with Crippen molar-refractivity contribution in [1.29, 1.82) is 0 Å². The zero-order valence-corrected chi connectivity index (χ0v) is 16.0. The van der Waals surface area contributed by atoms with Gasteiger partial charge in [-0.05, 0) is 67.6 Å². The van der Waals surface area contributed by atoms with Crippen molar-refractivity contribution in [3.05, 3.63) is 75.5 Å². The monoisotopic (exact) mass is 397 g/mol. The van der Waals surface area contributed by atoms with Gasteiger partial charge >= 0.3 is 0 Å². The standard InChI is InChI=1S/C21H17Cl2N3O/c22-14-6-8-17(9-7-14)26-20-13-5-4-12(10-13)18(20)19(25-26)21(27)24-16-3-1-2-15(23)11-16/h1-3,6-9,11-13H,4-5,10H2,(H,24,27). The number of halogens is 2. The predicted molar refractivity (Wildman–Crippen MR) is 107 cm³/mol. The highest BCUT2D eigenvalue weighted by molar-refractivity contribution is 6.31. The van der Waals surface area contributed by atoms with E-state index >= 15 is 0 Å². The van der Waals surface area contributed by atoms with Gasteiger partial charge in [0.15, 0.2) is 5.69 Å². The average Bonchev–Trinajstić information content (AvgIpc) is 3.35. The second kappa shape index (κ2) is 6.39. The van der Waals surface area contributed by atoms with Gasteiger partial charge < -0.3 is 5.32 Å². The van der Waals surface area contributed by atoms with Crippen LogP contribution in [0.4, 0.5) is 5.69 Å². The first kappa shape index (κ1) is 16.8. The summed E-state index contributed by atoms with van der Waals surface area (Å²) >= 11 is 12.1. The Morgan fingerprint density at radius 3 is 2.59 bits per heavy atom. The second-order valence-electron chi connectivity index (χ2n) is 7.21. The zero-order valence-electron chi connectivity index (χ0n) is 14.5. The highest BCUT2D eigenvalue weighted by atomic mass is 35.5. The fraction of sp³-hybridized carbons (Fsp3) is 0.238. The molecule has 2 unspecified atom stereocenters. The van der Waals surface area contributed by atoms with Gasteiger partial charge in [0.1, 0.15) is 0 Å². The lowest BCUT2D eigenvalue weighted by molar-refractivity contribution is 0.102. The molecule has 6 heteroatoms. The Hall–Kier alpha value is -2.30. The Morgan fingerprint density at radius 1 is 1.04 bits per heavy atom. The number of aromatic nitrogens is 2. The molecule has 1 N–H and O–H groups in total. The second-order valence-corrected chi connectivity index (χ2v) is 8.08. The van der Waals surface area contributed by atoms with Crippen LogP contribution in [0.25, 0.3) is 5.69 Å². The number of amides is 1. The number of rotatable bonds is 3. The van der Waals surface area contributed by atoms with Gasteiger partial charge in [-0.1, -0.05) is 29.3 Å². The van der Waals surface area contributed by atoms with Crippen molar-refractivity contribution < 1.29 is 4.79 Å². The molecular formula is C21H17Cl2N3O. The van der Waals surface area contributed by atoms with Gasteiger partial charge in [0.05, 0.1) is 11.4 Å². The molecule has 5 rings (SSSR count). The minimum Gasteiger partial charge on any atom is -0.321 e. The van der Waals surface area contributed by atoms with Crippen molar-refractivity contribution in [2.24, 2.45) is 0 Å². The Balaban J connectivity index is 1.57. The van der Waals surface area contributed by atoms with Crippen molar-refractivity contribution in [1.82, 2.24) is 9.78 Å². The van der Waals surface area contributed by atoms with Gasteiger partial charge in [0, 0.05) is 27.2 Å². The summed E-state index contributed by atoms with van der Waals surface area (Å²) < 4.78 is 1.93. The number of carbonyl (C=O) groups is 1. The number of fused-ring (bicyclic) bond motifs is 5. The van der Waals surface area contributed by atoms with E-state index in [0.717, 1.165) is 30.5 Å². The molecular weight excluding hydrogens is 381 g/mol. The summed E-state index contributed by atoms with van der Waals surface area (Å²) in [6.45, 7) is 0. The molecule has 1 saturated carbocycles. The van der Waals surface area contributed by atoms with Gasteiger partial charge in [-0.25, -0.2) is 4.68 Å². The van der Waals surface area contributed by atoms with Crippen molar-refractivity contribution in [2.75, 3.05) is 5.32 Å². The van der Waals surface area contributed by atoms with E-state index in [9.17, 15) is 4.79 Å². The number of nitrogens with zero attached hydrogens (tertiary/aromatic N) is 2. The minimum atomic E-state index is -0.186. The van der Waals surface area contributed by atoms with Crippen LogP contribution < -0.4 is 5.32 Å². The van der Waals surface area contributed by atoms with Gasteiger partial charge in [0.25, 0.3) is 5.91 Å². The Morgan fingerprint density at radius 2 is 1.81 bits per heavy atom. The van der Waals surface area contributed by atoms with Gasteiger partial charge in [0.2, 0.25) is 0 Å². The summed E-state index contributed by atoms with van der Waals surface area (Å²) in [5.41, 5.74) is 4.42. The Kier molecular flexibility index (Phi) is 3.99. The van der Waals surface area contributed by atoms with E-state index in [4.69, 9.17) is 28.3 Å². The molecule has 2 aliphatic rings. The minimum absolute atomic E-state index is 0.186. The van der Waals surface area contributed by atoms with Crippen LogP contribution in [0.5, 0.6) is 0 Å². The first-order chi connectivity index (χ1) is 13.1. The fourth-order valence-corrected chi connectivity index (χ4v) is 4.75. The molecule has 0 aliphatic heterocycles. The largest absolute Gasteiger partial charge is 0.321 e. The number of anilines is 1. The van der Waals surface area contributed by atoms with Gasteiger partial charge in [-0.2, -0.15) is 5.10 Å². The normalized spacial score (nSPS) is 19.9. The van der Waals surface area contributed by atoms with Gasteiger partial charge in [-0.3, -0.25) is 4.79 Å². The average molecular weight is 398 g/mol. The lowest BCUT2D eigenvalue weighted by atomic mass is 9.95. The fourth-order valence-electron chi connectivity index (χ4n) is 4.43. The molecule has 2 bridgehead atoms. The molecule has 1 fully saturated rings. The smallest absolute Gasteiger partial charge is 0.276 e. The Labute approximate surface area is 167 Å². The SMILES string of the molecule is O=C(Nc1cccc(Cl)c1)c1nn(-c2ccc(Cl)cc2)c2c1C1CCC2C1. The predicted octanol–water partition coefficient (Wildman–Crippen LogP) is 5.80. The van der Waals surface area contributed by atoms with E-state index in [0.29, 0.717) is 33.3 Å². The molecule has 4 nitrogen and oxygen atoms in total. The highest BCUT2D eigenvalue weighted by Crippen LogP contribution is 2.54. The van der Waals surface area contributed by atoms with Crippen molar-refractivity contribution in [3.8, 4) is 5.69 Å². The van der Waals surface area contributed by atoms with Crippen LogP contribution in [0.2, 0.25) is 10.0 Å². The van der Waals surface area contributed by atoms with E-state index in [-0.39, 0.29) is 5.91 Å². The molecule has 3 aromatic rings. The van der Waals surface area contributed by atoms with E-state index in [1.165, 1.54) is 5.69 Å². The summed E-state index contributed by atoms with van der Waals surface area (Å²) in [5, 5.41) is 8.93. The van der Waals surface area contributed by atoms with E-state index < -0.39 is 0 Å². The lowest BCUT2D eigenvalue weighted by Gasteiger charge is -2.14. The number of hydrogen-bond donors (Lipinski definition) is 1. The van der Waals surface area contributed by atoms with E-state index in [1.54, 1.807) is 12.1 Å². The molecule has 2 aliphatic carbocycles. The maximum Gasteiger partial charge on any atom is 0.276 e. The third-order valence-electron chi connectivity index (χ3n) is 5.56. The molecule has 0 radical (unpaired) electrons. The summed E-state index contributed by atoms with van der Waals surface area (Å²) in [6.07, 6.45) is 3.39. The number of nitrogens with one attached hydrogen (secondary N) is 1. The number of benzene rings is 2. The number of carbonyl (C=O) groups excluding carboxylic acids is 1. The molecule has 1 amide bonds. The van der Waals surface area contributed by atoms with Crippen LogP contribution in [0.1, 0.15) is 52.8 Å². The van der Waals surface area contributed by atoms with Gasteiger partial charge in [-0.15, -0.1) is 0 Å². The maximum atomic E-state index is 13.0. The topological polar surface area (TPSA) is 46.9 Å². The molecule has 1 aromatic heterocycles. The van der Waals surface area contributed by atoms with Crippen LogP contribution in [-0.4, -0.2) is 15.7 Å². The number of hydrogen-bond acceptors (Lipinski definition) is 2. The molecule has 2 atom stereocenters. The van der Waals surface area contributed by atoms with Crippen LogP contribution in [0.15, 0.2) is 48.5 Å². The first-order valence-corrected chi connectivity index (χ1v) is 9.81. The van der Waals surface area contributed by atoms with Crippen LogP contribution in [-0.2, 0) is 0 Å². The first-order valence-electron chi connectivity index (χ1n) is 9.06. The zero-order chi connectivity index (χ0) is 18.5. The third-order valence-corrected chi connectivity index (χ3v) is 6.04. The van der Waals surface area contributed by atoms with Crippen molar-refractivity contribution in [3.63, 3.8) is 0 Å². The van der Waals surface area contributed by atoms with Crippen LogP contribution in [0, 0.1) is 0 Å². The summed E-state index contributed by atoms with van der Waals surface area (Å²) in [5.74, 6) is 0.709. The molecule has 0 saturated heterocycles. The Bertz CT molecular complexity index is 1040. The van der Waals surface area contributed by atoms with Crippen molar-refractivity contribution >= 4 is 34.8 Å².